The van der Waals surface area contributed by atoms with Crippen LogP contribution in [0.4, 0.5) is 11.4 Å². The molecule has 0 aliphatic heterocycles. The number of hydrogen-bond acceptors (Lipinski definition) is 6. The number of hydrogen-bond donors (Lipinski definition) is 2. The Morgan fingerprint density at radius 3 is 2.37 bits per heavy atom. The third-order valence-corrected chi connectivity index (χ3v) is 4.34. The first kappa shape index (κ1) is 22.5. The van der Waals surface area contributed by atoms with E-state index in [2.05, 4.69) is 15.8 Å². The second kappa shape index (κ2) is 10.1. The zero-order valence-electron chi connectivity index (χ0n) is 17.3. The fourth-order valence-corrected chi connectivity index (χ4v) is 2.73. The molecule has 2 amide bonds. The van der Waals surface area contributed by atoms with Gasteiger partial charge in [0, 0.05) is 31.3 Å². The molecule has 158 valence electrons. The summed E-state index contributed by atoms with van der Waals surface area (Å²) in [5, 5.41) is 17.9. The second-order valence-electron chi connectivity index (χ2n) is 7.20. The number of nitrogens with zero attached hydrogens (tertiary/aromatic N) is 3. The number of hydrazone groups is 1. The summed E-state index contributed by atoms with van der Waals surface area (Å²) in [5.41, 5.74) is 3.70. The molecular formula is C21H25N5O4. The molecule has 2 aromatic rings. The third-order valence-electron chi connectivity index (χ3n) is 4.34. The molecule has 0 saturated carbocycles. The highest BCUT2D eigenvalue weighted by molar-refractivity contribution is 5.97. The molecule has 0 radical (unpaired) electrons. The van der Waals surface area contributed by atoms with Gasteiger partial charge < -0.3 is 10.2 Å². The monoisotopic (exact) mass is 411 g/mol. The van der Waals surface area contributed by atoms with Crippen LogP contribution in [-0.4, -0.2) is 43.1 Å². The Balaban J connectivity index is 2.08. The number of benzene rings is 2. The molecule has 30 heavy (non-hydrogen) atoms. The highest BCUT2D eigenvalue weighted by Crippen LogP contribution is 2.27. The van der Waals surface area contributed by atoms with Crippen molar-refractivity contribution in [3.63, 3.8) is 0 Å². The average Bonchev–Trinajstić information content (AvgIpc) is 2.71. The highest BCUT2D eigenvalue weighted by Gasteiger charge is 2.24. The van der Waals surface area contributed by atoms with E-state index >= 15 is 0 Å². The smallest absolute Gasteiger partial charge is 0.293 e. The molecule has 0 bridgehead atoms. The van der Waals surface area contributed by atoms with Crippen LogP contribution in [0.25, 0.3) is 0 Å². The number of rotatable bonds is 8. The van der Waals surface area contributed by atoms with Crippen LogP contribution in [0.15, 0.2) is 53.6 Å². The van der Waals surface area contributed by atoms with Crippen molar-refractivity contribution in [1.82, 2.24) is 10.7 Å². The molecule has 0 aliphatic rings. The van der Waals surface area contributed by atoms with Crippen molar-refractivity contribution >= 4 is 29.4 Å². The normalized spacial score (nSPS) is 11.9. The first-order valence-corrected chi connectivity index (χ1v) is 9.35. The van der Waals surface area contributed by atoms with Gasteiger partial charge in [-0.2, -0.15) is 5.10 Å². The van der Waals surface area contributed by atoms with Crippen LogP contribution < -0.4 is 15.6 Å². The number of amides is 2. The van der Waals surface area contributed by atoms with E-state index in [1.54, 1.807) is 61.5 Å². The minimum atomic E-state index is -0.791. The molecular weight excluding hydrogens is 386 g/mol. The Morgan fingerprint density at radius 1 is 1.13 bits per heavy atom. The standard InChI is InChI=1S/C21H25N5O4/c1-14(2)19(23-20(27)16-8-6-5-7-9-16)21(28)24-22-13-15-10-11-17(25(3)4)18(12-15)26(29)30/h5-14,19H,1-4H3,(H,23,27)(H,24,28). The SMILES string of the molecule is CC(C)C(NC(=O)c1ccccc1)C(=O)NN=Cc1ccc(N(C)C)c([N+](=O)[O-])c1. The maximum atomic E-state index is 12.5. The summed E-state index contributed by atoms with van der Waals surface area (Å²) in [7, 11) is 3.43. The van der Waals surface area contributed by atoms with Crippen LogP contribution in [-0.2, 0) is 4.79 Å². The molecule has 2 N–H and O–H groups in total. The van der Waals surface area contributed by atoms with E-state index in [1.807, 2.05) is 13.8 Å². The Bertz CT molecular complexity index is 942. The molecule has 0 fully saturated rings. The molecule has 0 aromatic heterocycles. The summed E-state index contributed by atoms with van der Waals surface area (Å²) in [6.07, 6.45) is 1.32. The lowest BCUT2D eigenvalue weighted by Gasteiger charge is -2.20. The summed E-state index contributed by atoms with van der Waals surface area (Å²) in [5.74, 6) is -1.01. The van der Waals surface area contributed by atoms with Crippen molar-refractivity contribution < 1.29 is 14.5 Å². The first-order valence-electron chi connectivity index (χ1n) is 9.35. The molecule has 1 atom stereocenters. The predicted octanol–water partition coefficient (Wildman–Crippen LogP) is 2.57. The zero-order chi connectivity index (χ0) is 22.3. The topological polar surface area (TPSA) is 117 Å². The van der Waals surface area contributed by atoms with E-state index in [-0.39, 0.29) is 17.5 Å². The Morgan fingerprint density at radius 2 is 1.80 bits per heavy atom. The quantitative estimate of drug-likeness (QED) is 0.393. The van der Waals surface area contributed by atoms with E-state index in [1.165, 1.54) is 12.3 Å². The van der Waals surface area contributed by atoms with Crippen molar-refractivity contribution in [3.8, 4) is 0 Å². The van der Waals surface area contributed by atoms with E-state index in [9.17, 15) is 19.7 Å². The molecule has 9 nitrogen and oxygen atoms in total. The lowest BCUT2D eigenvalue weighted by Crippen LogP contribution is -2.48. The lowest BCUT2D eigenvalue weighted by atomic mass is 10.0. The van der Waals surface area contributed by atoms with Gasteiger partial charge in [0.1, 0.15) is 11.7 Å². The van der Waals surface area contributed by atoms with Gasteiger partial charge in [-0.05, 0) is 24.1 Å². The van der Waals surface area contributed by atoms with Gasteiger partial charge >= 0.3 is 0 Å². The summed E-state index contributed by atoms with van der Waals surface area (Å²) in [4.78, 5) is 37.3. The van der Waals surface area contributed by atoms with Gasteiger partial charge in [0.05, 0.1) is 11.1 Å². The average molecular weight is 411 g/mol. The van der Waals surface area contributed by atoms with E-state index in [4.69, 9.17) is 0 Å². The molecule has 0 spiro atoms. The van der Waals surface area contributed by atoms with Crippen LogP contribution in [0.3, 0.4) is 0 Å². The predicted molar refractivity (Wildman–Crippen MR) is 116 cm³/mol. The van der Waals surface area contributed by atoms with Crippen molar-refractivity contribution in [3.05, 3.63) is 69.8 Å². The molecule has 0 heterocycles. The fraction of sp³-hybridized carbons (Fsp3) is 0.286. The van der Waals surface area contributed by atoms with Gasteiger partial charge in [0.15, 0.2) is 0 Å². The van der Waals surface area contributed by atoms with Gasteiger partial charge in [0.2, 0.25) is 0 Å². The second-order valence-corrected chi connectivity index (χ2v) is 7.20. The molecule has 0 saturated heterocycles. The molecule has 2 rings (SSSR count). The number of nitrogens with one attached hydrogen (secondary N) is 2. The zero-order valence-corrected chi connectivity index (χ0v) is 17.3. The Labute approximate surface area is 174 Å². The van der Waals surface area contributed by atoms with Crippen molar-refractivity contribution in [2.24, 2.45) is 11.0 Å². The number of anilines is 1. The first-order chi connectivity index (χ1) is 14.2. The van der Waals surface area contributed by atoms with Crippen LogP contribution in [0.5, 0.6) is 0 Å². The molecule has 0 aliphatic carbocycles. The maximum Gasteiger partial charge on any atom is 0.293 e. The summed E-state index contributed by atoms with van der Waals surface area (Å²) >= 11 is 0. The molecule has 9 heteroatoms. The van der Waals surface area contributed by atoms with Gasteiger partial charge in [-0.15, -0.1) is 0 Å². The maximum absolute atomic E-state index is 12.5. The Hall–Kier alpha value is -3.75. The van der Waals surface area contributed by atoms with Gasteiger partial charge in [-0.25, -0.2) is 5.43 Å². The minimum absolute atomic E-state index is 0.0644. The van der Waals surface area contributed by atoms with E-state index in [0.717, 1.165) is 0 Å². The van der Waals surface area contributed by atoms with Crippen molar-refractivity contribution in [1.29, 1.82) is 0 Å². The van der Waals surface area contributed by atoms with Crippen molar-refractivity contribution in [2.75, 3.05) is 19.0 Å². The number of carbonyl (C=O) groups is 2. The molecule has 1 unspecified atom stereocenters. The summed E-state index contributed by atoms with van der Waals surface area (Å²) in [6.45, 7) is 3.62. The van der Waals surface area contributed by atoms with Crippen molar-refractivity contribution in [2.45, 2.75) is 19.9 Å². The van der Waals surface area contributed by atoms with Gasteiger partial charge in [-0.1, -0.05) is 38.1 Å². The Kier molecular flexibility index (Phi) is 7.62. The number of nitro benzene ring substituents is 1. The van der Waals surface area contributed by atoms with Crippen LogP contribution >= 0.6 is 0 Å². The van der Waals surface area contributed by atoms with Gasteiger partial charge in [-0.3, -0.25) is 19.7 Å². The van der Waals surface area contributed by atoms with Gasteiger partial charge in [0.25, 0.3) is 17.5 Å². The number of carbonyl (C=O) groups excluding carboxylic acids is 2. The van der Waals surface area contributed by atoms with Crippen LogP contribution in [0, 0.1) is 16.0 Å². The summed E-state index contributed by atoms with van der Waals surface area (Å²) in [6, 6.07) is 12.5. The minimum Gasteiger partial charge on any atom is -0.372 e. The van der Waals surface area contributed by atoms with E-state index in [0.29, 0.717) is 16.8 Å². The lowest BCUT2D eigenvalue weighted by molar-refractivity contribution is -0.384. The highest BCUT2D eigenvalue weighted by atomic mass is 16.6. The van der Waals surface area contributed by atoms with Crippen LogP contribution in [0.1, 0.15) is 29.8 Å². The molecule has 2 aromatic carbocycles. The number of nitro groups is 1. The summed E-state index contributed by atoms with van der Waals surface area (Å²) < 4.78 is 0. The fourth-order valence-electron chi connectivity index (χ4n) is 2.73. The largest absolute Gasteiger partial charge is 0.372 e. The van der Waals surface area contributed by atoms with E-state index < -0.39 is 16.9 Å². The van der Waals surface area contributed by atoms with Crippen LogP contribution in [0.2, 0.25) is 0 Å². The third kappa shape index (κ3) is 5.87.